The molecule has 0 aliphatic heterocycles. The molecule has 1 nitrogen and oxygen atoms in total. The van der Waals surface area contributed by atoms with Gasteiger partial charge >= 0.3 is 29.6 Å². The minimum Gasteiger partial charge on any atom is -0.248 e. The minimum absolute atomic E-state index is 0.179. The maximum Gasteiger partial charge on any atom is 0.384 e. The van der Waals surface area contributed by atoms with Crippen LogP contribution in [0.1, 0.15) is 37.5 Å². The van der Waals surface area contributed by atoms with Gasteiger partial charge < -0.3 is 0 Å². The van der Waals surface area contributed by atoms with Crippen molar-refractivity contribution in [3.8, 4) is 44.6 Å². The quantitative estimate of drug-likeness (QED) is 0.142. The summed E-state index contributed by atoms with van der Waals surface area (Å²) in [5.41, 5.74) is 6.15. The van der Waals surface area contributed by atoms with Crippen LogP contribution < -0.4 is 0 Å². The number of pyridine rings is 1. The van der Waals surface area contributed by atoms with Crippen LogP contribution in [-0.4, -0.2) is 28.7 Å². The highest BCUT2D eigenvalue weighted by Gasteiger charge is 2.85. The highest BCUT2D eigenvalue weighted by molar-refractivity contribution is 5.99. The third-order valence-corrected chi connectivity index (χ3v) is 10.1. The van der Waals surface area contributed by atoms with Crippen molar-refractivity contribution >= 4 is 10.9 Å². The van der Waals surface area contributed by atoms with Gasteiger partial charge in [0.1, 0.15) is 0 Å². The Hall–Kier alpha value is -5.19. The van der Waals surface area contributed by atoms with E-state index in [9.17, 15) is 35.1 Å². The molecular weight excluding hydrogens is 708 g/mol. The Labute approximate surface area is 297 Å². The highest BCUT2D eigenvalue weighted by atomic mass is 19.4. The third-order valence-electron chi connectivity index (χ3n) is 10.1. The monoisotopic (exact) mass is 737 g/mol. The molecule has 1 heterocycles. The molecule has 11 heteroatoms. The van der Waals surface area contributed by atoms with Crippen LogP contribution in [0.4, 0.5) is 43.9 Å². The zero-order chi connectivity index (χ0) is 38.4. The lowest BCUT2D eigenvalue weighted by Crippen LogP contribution is -2.65. The van der Waals surface area contributed by atoms with E-state index >= 15 is 8.78 Å². The van der Waals surface area contributed by atoms with Gasteiger partial charge in [-0.05, 0) is 68.8 Å². The molecular formula is C42H29F10N. The molecule has 6 aromatic rings. The normalized spacial score (nSPS) is 14.7. The average molecular weight is 738 g/mol. The summed E-state index contributed by atoms with van der Waals surface area (Å²) >= 11 is 0. The van der Waals surface area contributed by atoms with Crippen molar-refractivity contribution in [2.24, 2.45) is 0 Å². The largest absolute Gasteiger partial charge is 0.384 e. The number of alkyl halides is 10. The molecule has 0 saturated carbocycles. The second-order valence-corrected chi connectivity index (χ2v) is 13.8. The van der Waals surface area contributed by atoms with Crippen molar-refractivity contribution in [2.75, 3.05) is 0 Å². The molecule has 5 aromatic carbocycles. The predicted octanol–water partition coefficient (Wildman–Crippen LogP) is 13.2. The Bertz CT molecular complexity index is 2360. The topological polar surface area (TPSA) is 12.9 Å². The van der Waals surface area contributed by atoms with Crippen LogP contribution in [0.25, 0.3) is 55.5 Å². The molecule has 0 spiro atoms. The van der Waals surface area contributed by atoms with E-state index in [-0.39, 0.29) is 11.0 Å². The second kappa shape index (κ2) is 11.9. The van der Waals surface area contributed by atoms with Gasteiger partial charge in [-0.15, -0.1) is 0 Å². The Morgan fingerprint density at radius 2 is 1.06 bits per heavy atom. The lowest BCUT2D eigenvalue weighted by atomic mass is 9.82. The van der Waals surface area contributed by atoms with Gasteiger partial charge in [0, 0.05) is 28.9 Å². The second-order valence-electron chi connectivity index (χ2n) is 13.8. The number of nitrogens with zero attached hydrogens (tertiary/aromatic N) is 1. The van der Waals surface area contributed by atoms with Crippen molar-refractivity contribution in [1.82, 2.24) is 4.98 Å². The Balaban J connectivity index is 1.36. The van der Waals surface area contributed by atoms with Crippen LogP contribution in [0.15, 0.2) is 121 Å². The molecule has 1 aromatic heterocycles. The van der Waals surface area contributed by atoms with Crippen molar-refractivity contribution < 1.29 is 43.9 Å². The summed E-state index contributed by atoms with van der Waals surface area (Å²) in [6.07, 6.45) is 0. The third kappa shape index (κ3) is 5.41. The standard InChI is InChI=1S/C42H29F10N/c1-37(2)33-12-8-7-11-29(33)30-19-15-27(22-34(30)37)36-23-31(32-21-26(16-20-35(32)53-36)24-9-5-4-6-10-24)25-13-17-28(18-14-25)39(45,46)41(49,50)42(51,52)40(47,48)38(3,43)44/h4-23H,1-3H3. The van der Waals surface area contributed by atoms with Gasteiger partial charge in [0.25, 0.3) is 0 Å². The summed E-state index contributed by atoms with van der Waals surface area (Å²) in [7, 11) is 0. The fraction of sp³-hybridized carbons (Fsp3) is 0.214. The van der Waals surface area contributed by atoms with E-state index in [0.29, 0.717) is 34.3 Å². The fourth-order valence-corrected chi connectivity index (χ4v) is 7.00. The van der Waals surface area contributed by atoms with E-state index in [2.05, 4.69) is 19.9 Å². The fourth-order valence-electron chi connectivity index (χ4n) is 7.00. The van der Waals surface area contributed by atoms with Crippen LogP contribution in [0.2, 0.25) is 0 Å². The number of hydrogen-bond donors (Lipinski definition) is 0. The van der Waals surface area contributed by atoms with Gasteiger partial charge in [-0.3, -0.25) is 0 Å². The van der Waals surface area contributed by atoms with Gasteiger partial charge in [0.05, 0.1) is 11.2 Å². The van der Waals surface area contributed by atoms with E-state index < -0.39 is 42.1 Å². The summed E-state index contributed by atoms with van der Waals surface area (Å²) in [4.78, 5) is 4.91. The first-order chi connectivity index (χ1) is 24.7. The number of benzene rings is 5. The number of hydrogen-bond acceptors (Lipinski definition) is 1. The van der Waals surface area contributed by atoms with Gasteiger partial charge in [-0.25, -0.2) is 4.98 Å². The number of halogens is 10. The summed E-state index contributed by atoms with van der Waals surface area (Å²) in [6, 6.07) is 33.0. The van der Waals surface area contributed by atoms with E-state index in [0.717, 1.165) is 51.1 Å². The maximum atomic E-state index is 15.1. The molecule has 1 aliphatic carbocycles. The van der Waals surface area contributed by atoms with Gasteiger partial charge in [0.2, 0.25) is 0 Å². The molecule has 0 saturated heterocycles. The molecule has 272 valence electrons. The smallest absolute Gasteiger partial charge is 0.248 e. The SMILES string of the molecule is CC1(C)c2ccccc2-c2ccc(-c3cc(-c4ccc(C(F)(F)C(F)(F)C(F)(F)C(F)(F)C(C)(F)F)cc4)c4cc(-c5ccccc5)ccc4n3)cc21. The van der Waals surface area contributed by atoms with Crippen molar-refractivity contribution in [1.29, 1.82) is 0 Å². The summed E-state index contributed by atoms with van der Waals surface area (Å²) in [6.45, 7) is 3.47. The first-order valence-corrected chi connectivity index (χ1v) is 16.4. The van der Waals surface area contributed by atoms with E-state index in [4.69, 9.17) is 4.98 Å². The van der Waals surface area contributed by atoms with Crippen molar-refractivity contribution in [3.63, 3.8) is 0 Å². The van der Waals surface area contributed by atoms with Crippen LogP contribution in [0, 0.1) is 0 Å². The number of fused-ring (bicyclic) bond motifs is 4. The Kier molecular flexibility index (Phi) is 8.13. The molecule has 0 radical (unpaired) electrons. The molecule has 1 aliphatic rings. The molecule has 0 bridgehead atoms. The van der Waals surface area contributed by atoms with E-state index in [1.165, 1.54) is 0 Å². The van der Waals surface area contributed by atoms with Crippen LogP contribution >= 0.6 is 0 Å². The van der Waals surface area contributed by atoms with Crippen molar-refractivity contribution in [2.45, 2.75) is 55.8 Å². The molecule has 53 heavy (non-hydrogen) atoms. The maximum absolute atomic E-state index is 15.1. The van der Waals surface area contributed by atoms with E-state index in [1.54, 1.807) is 12.1 Å². The zero-order valence-electron chi connectivity index (χ0n) is 28.3. The predicted molar refractivity (Wildman–Crippen MR) is 185 cm³/mol. The summed E-state index contributed by atoms with van der Waals surface area (Å²) < 4.78 is 143. The molecule has 0 amide bonds. The lowest BCUT2D eigenvalue weighted by Gasteiger charge is -2.38. The molecule has 0 atom stereocenters. The number of aromatic nitrogens is 1. The zero-order valence-corrected chi connectivity index (χ0v) is 28.3. The Morgan fingerprint density at radius 1 is 0.472 bits per heavy atom. The van der Waals surface area contributed by atoms with Crippen LogP contribution in [0.3, 0.4) is 0 Å². The van der Waals surface area contributed by atoms with Crippen molar-refractivity contribution in [3.05, 3.63) is 138 Å². The van der Waals surface area contributed by atoms with Gasteiger partial charge in [-0.2, -0.15) is 43.9 Å². The molecule has 0 fully saturated rings. The molecule has 0 unspecified atom stereocenters. The Morgan fingerprint density at radius 3 is 1.72 bits per heavy atom. The number of rotatable bonds is 8. The average Bonchev–Trinajstić information content (AvgIpc) is 3.36. The first-order valence-electron chi connectivity index (χ1n) is 16.4. The van der Waals surface area contributed by atoms with Gasteiger partial charge in [-0.1, -0.05) is 111 Å². The van der Waals surface area contributed by atoms with Crippen LogP contribution in [-0.2, 0) is 11.3 Å². The van der Waals surface area contributed by atoms with E-state index in [1.807, 2.05) is 78.9 Å². The summed E-state index contributed by atoms with van der Waals surface area (Å²) in [5.74, 6) is -32.6. The first kappa shape index (κ1) is 36.2. The molecule has 7 rings (SSSR count). The summed E-state index contributed by atoms with van der Waals surface area (Å²) in [5, 5.41) is 0.533. The minimum atomic E-state index is -7.13. The highest BCUT2D eigenvalue weighted by Crippen LogP contribution is 2.59. The van der Waals surface area contributed by atoms with Gasteiger partial charge in [0.15, 0.2) is 0 Å². The molecule has 0 N–H and O–H groups in total. The lowest BCUT2D eigenvalue weighted by molar-refractivity contribution is -0.402. The van der Waals surface area contributed by atoms with Crippen LogP contribution in [0.5, 0.6) is 0 Å².